The highest BCUT2D eigenvalue weighted by Gasteiger charge is 2.32. The number of carbonyl (C=O) groups is 2. The monoisotopic (exact) mass is 433 g/mol. The summed E-state index contributed by atoms with van der Waals surface area (Å²) >= 11 is 0. The van der Waals surface area contributed by atoms with Crippen molar-refractivity contribution in [2.24, 2.45) is 5.92 Å². The summed E-state index contributed by atoms with van der Waals surface area (Å²) in [5.41, 5.74) is 1.13. The van der Waals surface area contributed by atoms with Crippen LogP contribution in [0, 0.1) is 12.8 Å². The molecule has 0 radical (unpaired) electrons. The number of piperidine rings is 1. The molecule has 0 spiro atoms. The second-order valence-electron chi connectivity index (χ2n) is 7.23. The molecule has 2 aromatic rings. The molecule has 3 rings (SSSR count). The zero-order valence-electron chi connectivity index (χ0n) is 16.9. The van der Waals surface area contributed by atoms with E-state index in [4.69, 9.17) is 0 Å². The van der Waals surface area contributed by atoms with E-state index in [1.54, 1.807) is 23.2 Å². The van der Waals surface area contributed by atoms with E-state index in [1.807, 2.05) is 13.0 Å². The molecule has 0 saturated carbocycles. The van der Waals surface area contributed by atoms with E-state index in [0.717, 1.165) is 5.56 Å². The van der Waals surface area contributed by atoms with E-state index in [2.05, 4.69) is 15.0 Å². The first-order chi connectivity index (χ1) is 14.7. The van der Waals surface area contributed by atoms with Crippen molar-refractivity contribution in [3.63, 3.8) is 0 Å². The van der Waals surface area contributed by atoms with Crippen molar-refractivity contribution in [1.82, 2.24) is 9.88 Å². The van der Waals surface area contributed by atoms with Gasteiger partial charge in [-0.25, -0.2) is 4.98 Å². The highest BCUT2D eigenvalue weighted by Crippen LogP contribution is 2.27. The maximum absolute atomic E-state index is 12.5. The lowest BCUT2D eigenvalue weighted by molar-refractivity contribution is -0.274. The number of likely N-dealkylation sites (tertiary alicyclic amines) is 1. The lowest BCUT2D eigenvalue weighted by Crippen LogP contribution is -2.40. The Labute approximate surface area is 177 Å². The predicted octanol–water partition coefficient (Wildman–Crippen LogP) is 4.18. The van der Waals surface area contributed by atoms with Crippen LogP contribution in [0.25, 0.3) is 6.08 Å². The van der Waals surface area contributed by atoms with Gasteiger partial charge in [-0.15, -0.1) is 13.2 Å². The zero-order valence-corrected chi connectivity index (χ0v) is 16.9. The van der Waals surface area contributed by atoms with Crippen molar-refractivity contribution < 1.29 is 27.5 Å². The van der Waals surface area contributed by atoms with Crippen molar-refractivity contribution in [1.29, 1.82) is 0 Å². The Morgan fingerprint density at radius 2 is 1.90 bits per heavy atom. The van der Waals surface area contributed by atoms with Gasteiger partial charge in [0.15, 0.2) is 0 Å². The molecule has 1 N–H and O–H groups in total. The van der Waals surface area contributed by atoms with E-state index in [1.165, 1.54) is 30.4 Å². The molecule has 6 nitrogen and oxygen atoms in total. The van der Waals surface area contributed by atoms with Crippen LogP contribution in [0.5, 0.6) is 5.75 Å². The molecule has 1 aromatic heterocycles. The Balaban J connectivity index is 1.54. The molecule has 1 fully saturated rings. The van der Waals surface area contributed by atoms with E-state index in [-0.39, 0.29) is 29.0 Å². The quantitative estimate of drug-likeness (QED) is 0.719. The molecule has 0 unspecified atom stereocenters. The largest absolute Gasteiger partial charge is 0.573 e. The van der Waals surface area contributed by atoms with Crippen LogP contribution < -0.4 is 10.1 Å². The Morgan fingerprint density at radius 1 is 1.19 bits per heavy atom. The highest BCUT2D eigenvalue weighted by molar-refractivity contribution is 5.93. The van der Waals surface area contributed by atoms with Gasteiger partial charge in [-0.3, -0.25) is 9.59 Å². The highest BCUT2D eigenvalue weighted by atomic mass is 19.4. The van der Waals surface area contributed by atoms with Gasteiger partial charge in [-0.2, -0.15) is 0 Å². The van der Waals surface area contributed by atoms with Gasteiger partial charge in [0, 0.05) is 36.8 Å². The SMILES string of the molecule is Cc1ccnc(NC(=O)C2CCN(C(=O)C=Cc3ccccc3OC(F)(F)F)CC2)c1. The third kappa shape index (κ3) is 6.56. The first-order valence-corrected chi connectivity index (χ1v) is 9.76. The van der Waals surface area contributed by atoms with E-state index < -0.39 is 6.36 Å². The summed E-state index contributed by atoms with van der Waals surface area (Å²) in [5, 5.41) is 2.79. The van der Waals surface area contributed by atoms with Crippen LogP contribution in [-0.2, 0) is 9.59 Å². The minimum absolute atomic E-state index is 0.140. The normalized spacial score (nSPS) is 15.2. The number of aromatic nitrogens is 1. The van der Waals surface area contributed by atoms with Crippen molar-refractivity contribution >= 4 is 23.7 Å². The van der Waals surface area contributed by atoms with Crippen LogP contribution in [0.4, 0.5) is 19.0 Å². The molecule has 1 aromatic carbocycles. The number of rotatable bonds is 5. The molecular weight excluding hydrogens is 411 g/mol. The molecule has 2 heterocycles. The maximum Gasteiger partial charge on any atom is 0.573 e. The topological polar surface area (TPSA) is 71.5 Å². The van der Waals surface area contributed by atoms with Crippen LogP contribution in [0.15, 0.2) is 48.7 Å². The van der Waals surface area contributed by atoms with Crippen LogP contribution in [-0.4, -0.2) is 41.2 Å². The average Bonchev–Trinajstić information content (AvgIpc) is 2.72. The smallest absolute Gasteiger partial charge is 0.405 e. The van der Waals surface area contributed by atoms with Gasteiger partial charge in [0.1, 0.15) is 11.6 Å². The number of ether oxygens (including phenoxy) is 1. The Bertz CT molecular complexity index is 968. The molecular formula is C22H22F3N3O3. The van der Waals surface area contributed by atoms with Gasteiger partial charge in [0.05, 0.1) is 0 Å². The predicted molar refractivity (Wildman–Crippen MR) is 109 cm³/mol. The number of hydrogen-bond acceptors (Lipinski definition) is 4. The summed E-state index contributed by atoms with van der Waals surface area (Å²) in [6.45, 7) is 2.66. The minimum Gasteiger partial charge on any atom is -0.405 e. The number of halogens is 3. The number of hydrogen-bond donors (Lipinski definition) is 1. The number of nitrogens with zero attached hydrogens (tertiary/aromatic N) is 2. The molecule has 164 valence electrons. The molecule has 2 amide bonds. The minimum atomic E-state index is -4.82. The number of nitrogens with one attached hydrogen (secondary N) is 1. The molecule has 31 heavy (non-hydrogen) atoms. The van der Waals surface area contributed by atoms with E-state index in [9.17, 15) is 22.8 Å². The number of carbonyl (C=O) groups excluding carboxylic acids is 2. The zero-order chi connectivity index (χ0) is 22.4. The first kappa shape index (κ1) is 22.3. The molecule has 0 aliphatic carbocycles. The standard InChI is InChI=1S/C22H22F3N3O3/c1-15-8-11-26-19(14-15)27-21(30)17-9-12-28(13-10-17)20(29)7-6-16-4-2-3-5-18(16)31-22(23,24)25/h2-8,11,14,17H,9-10,12-13H2,1H3,(H,26,27,30). The fourth-order valence-corrected chi connectivity index (χ4v) is 3.30. The Kier molecular flexibility index (Phi) is 6.94. The summed E-state index contributed by atoms with van der Waals surface area (Å²) in [6, 6.07) is 9.21. The van der Waals surface area contributed by atoms with E-state index in [0.29, 0.717) is 31.7 Å². The number of aryl methyl sites for hydroxylation is 1. The molecule has 9 heteroatoms. The fraction of sp³-hybridized carbons (Fsp3) is 0.318. The fourth-order valence-electron chi connectivity index (χ4n) is 3.30. The van der Waals surface area contributed by atoms with Gasteiger partial charge in [0.25, 0.3) is 0 Å². The van der Waals surface area contributed by atoms with E-state index >= 15 is 0 Å². The second kappa shape index (κ2) is 9.63. The molecule has 1 saturated heterocycles. The van der Waals surface area contributed by atoms with Gasteiger partial charge in [-0.1, -0.05) is 18.2 Å². The van der Waals surface area contributed by atoms with Crippen molar-refractivity contribution in [2.75, 3.05) is 18.4 Å². The van der Waals surface area contributed by atoms with Crippen molar-refractivity contribution in [3.05, 3.63) is 59.8 Å². The van der Waals surface area contributed by atoms with Crippen LogP contribution >= 0.6 is 0 Å². The van der Waals surface area contributed by atoms with Gasteiger partial charge >= 0.3 is 6.36 Å². The van der Waals surface area contributed by atoms with Crippen LogP contribution in [0.1, 0.15) is 24.0 Å². The average molecular weight is 433 g/mol. The number of alkyl halides is 3. The van der Waals surface area contributed by atoms with Crippen LogP contribution in [0.2, 0.25) is 0 Å². The molecule has 1 aliphatic heterocycles. The maximum atomic E-state index is 12.5. The third-order valence-electron chi connectivity index (χ3n) is 4.89. The van der Waals surface area contributed by atoms with Gasteiger partial charge < -0.3 is 15.0 Å². The summed E-state index contributed by atoms with van der Waals surface area (Å²) < 4.78 is 41.5. The van der Waals surface area contributed by atoms with Crippen molar-refractivity contribution in [2.45, 2.75) is 26.1 Å². The number of benzene rings is 1. The Morgan fingerprint density at radius 3 is 2.58 bits per heavy atom. The van der Waals surface area contributed by atoms with Gasteiger partial charge in [-0.05, 0) is 49.6 Å². The number of para-hydroxylation sites is 1. The Hall–Kier alpha value is -3.36. The van der Waals surface area contributed by atoms with Crippen LogP contribution in [0.3, 0.4) is 0 Å². The number of pyridine rings is 1. The summed E-state index contributed by atoms with van der Waals surface area (Å²) in [4.78, 5) is 30.6. The molecule has 0 bridgehead atoms. The first-order valence-electron chi connectivity index (χ1n) is 9.76. The number of amides is 2. The summed E-state index contributed by atoms with van der Waals surface area (Å²) in [6.07, 6.45) is 0.304. The van der Waals surface area contributed by atoms with Crippen molar-refractivity contribution in [3.8, 4) is 5.75 Å². The second-order valence-corrected chi connectivity index (χ2v) is 7.23. The molecule has 1 aliphatic rings. The summed E-state index contributed by atoms with van der Waals surface area (Å²) in [7, 11) is 0. The third-order valence-corrected chi connectivity index (χ3v) is 4.89. The number of anilines is 1. The lowest BCUT2D eigenvalue weighted by atomic mass is 9.96. The lowest BCUT2D eigenvalue weighted by Gasteiger charge is -2.30. The van der Waals surface area contributed by atoms with Gasteiger partial charge in [0.2, 0.25) is 11.8 Å². The molecule has 0 atom stereocenters. The summed E-state index contributed by atoms with van der Waals surface area (Å²) in [5.74, 6) is -0.596.